The van der Waals surface area contributed by atoms with Crippen LogP contribution in [-0.2, 0) is 9.53 Å². The Bertz CT molecular complexity index is 400. The predicted octanol–water partition coefficient (Wildman–Crippen LogP) is 2.56. The standard InChI is InChI=1S/C12H16Cl2N2O2/c1-18-7-6-15-5-4-12(17)16-11-3-2-9(13)8-10(11)14/h2-3,8,15H,4-7H2,1H3,(H,16,17). The smallest absolute Gasteiger partial charge is 0.225 e. The van der Waals surface area contributed by atoms with E-state index in [4.69, 9.17) is 27.9 Å². The molecule has 0 heterocycles. The summed E-state index contributed by atoms with van der Waals surface area (Å²) in [6.45, 7) is 1.95. The van der Waals surface area contributed by atoms with Crippen LogP contribution in [0.3, 0.4) is 0 Å². The molecule has 0 radical (unpaired) electrons. The van der Waals surface area contributed by atoms with Crippen molar-refractivity contribution in [1.29, 1.82) is 0 Å². The van der Waals surface area contributed by atoms with Gasteiger partial charge in [-0.15, -0.1) is 0 Å². The SMILES string of the molecule is COCCNCCC(=O)Nc1ccc(Cl)cc1Cl. The Morgan fingerprint density at radius 1 is 1.33 bits per heavy atom. The molecule has 0 aliphatic heterocycles. The molecule has 0 aromatic heterocycles. The van der Waals surface area contributed by atoms with Gasteiger partial charge in [0.05, 0.1) is 17.3 Å². The number of ether oxygens (including phenoxy) is 1. The number of rotatable bonds is 7. The maximum Gasteiger partial charge on any atom is 0.225 e. The van der Waals surface area contributed by atoms with E-state index in [1.54, 1.807) is 25.3 Å². The highest BCUT2D eigenvalue weighted by molar-refractivity contribution is 6.36. The number of carbonyl (C=O) groups is 1. The van der Waals surface area contributed by atoms with Crippen molar-refractivity contribution in [3.8, 4) is 0 Å². The molecule has 0 aliphatic carbocycles. The van der Waals surface area contributed by atoms with Gasteiger partial charge in [-0.05, 0) is 18.2 Å². The lowest BCUT2D eigenvalue weighted by Gasteiger charge is -2.08. The monoisotopic (exact) mass is 290 g/mol. The zero-order valence-electron chi connectivity index (χ0n) is 10.1. The Labute approximate surface area is 117 Å². The number of hydrogen-bond acceptors (Lipinski definition) is 3. The van der Waals surface area contributed by atoms with E-state index in [1.165, 1.54) is 0 Å². The molecule has 0 unspecified atom stereocenters. The summed E-state index contributed by atoms with van der Waals surface area (Å²) in [6.07, 6.45) is 0.378. The summed E-state index contributed by atoms with van der Waals surface area (Å²) in [6, 6.07) is 4.95. The molecule has 6 heteroatoms. The number of halogens is 2. The lowest BCUT2D eigenvalue weighted by atomic mass is 10.3. The summed E-state index contributed by atoms with van der Waals surface area (Å²) >= 11 is 11.7. The Balaban J connectivity index is 2.31. The molecule has 1 rings (SSSR count). The van der Waals surface area contributed by atoms with E-state index in [2.05, 4.69) is 10.6 Å². The molecular formula is C12H16Cl2N2O2. The Morgan fingerprint density at radius 2 is 2.11 bits per heavy atom. The van der Waals surface area contributed by atoms with Crippen molar-refractivity contribution in [3.63, 3.8) is 0 Å². The minimum Gasteiger partial charge on any atom is -0.383 e. The van der Waals surface area contributed by atoms with Crippen LogP contribution in [0.25, 0.3) is 0 Å². The topological polar surface area (TPSA) is 50.4 Å². The number of anilines is 1. The lowest BCUT2D eigenvalue weighted by Crippen LogP contribution is -2.24. The van der Waals surface area contributed by atoms with Crippen molar-refractivity contribution in [1.82, 2.24) is 5.32 Å². The molecule has 0 bridgehead atoms. The summed E-state index contributed by atoms with van der Waals surface area (Å²) in [4.78, 5) is 11.6. The first-order chi connectivity index (χ1) is 8.63. The van der Waals surface area contributed by atoms with Crippen LogP contribution in [0.4, 0.5) is 5.69 Å². The Morgan fingerprint density at radius 3 is 2.78 bits per heavy atom. The normalized spacial score (nSPS) is 10.4. The van der Waals surface area contributed by atoms with Crippen LogP contribution in [0, 0.1) is 0 Å². The highest BCUT2D eigenvalue weighted by Gasteiger charge is 2.05. The molecule has 0 saturated heterocycles. The van der Waals surface area contributed by atoms with Gasteiger partial charge >= 0.3 is 0 Å². The third kappa shape index (κ3) is 5.69. The first-order valence-corrected chi connectivity index (χ1v) is 6.33. The Kier molecular flexibility index (Phi) is 7.05. The third-order valence-electron chi connectivity index (χ3n) is 2.22. The molecule has 0 atom stereocenters. The second-order valence-corrected chi connectivity index (χ2v) is 4.51. The molecule has 1 amide bonds. The van der Waals surface area contributed by atoms with Gasteiger partial charge < -0.3 is 15.4 Å². The fourth-order valence-electron chi connectivity index (χ4n) is 1.30. The van der Waals surface area contributed by atoms with Gasteiger partial charge in [0.1, 0.15) is 0 Å². The fraction of sp³-hybridized carbons (Fsp3) is 0.417. The summed E-state index contributed by atoms with van der Waals surface area (Å²) in [5, 5.41) is 6.79. The second kappa shape index (κ2) is 8.32. The van der Waals surface area contributed by atoms with E-state index in [0.717, 1.165) is 6.54 Å². The summed E-state index contributed by atoms with van der Waals surface area (Å²) in [5.74, 6) is -0.0934. The molecule has 0 spiro atoms. The van der Waals surface area contributed by atoms with Crippen molar-refractivity contribution in [3.05, 3.63) is 28.2 Å². The van der Waals surface area contributed by atoms with E-state index in [0.29, 0.717) is 35.3 Å². The van der Waals surface area contributed by atoms with Crippen LogP contribution in [0.15, 0.2) is 18.2 Å². The van der Waals surface area contributed by atoms with E-state index < -0.39 is 0 Å². The number of amides is 1. The Hall–Kier alpha value is -0.810. The number of methoxy groups -OCH3 is 1. The molecule has 1 aromatic carbocycles. The van der Waals surface area contributed by atoms with Gasteiger partial charge in [-0.2, -0.15) is 0 Å². The van der Waals surface area contributed by atoms with Crippen molar-refractivity contribution in [2.24, 2.45) is 0 Å². The maximum atomic E-state index is 11.6. The molecule has 0 saturated carbocycles. The van der Waals surface area contributed by atoms with Gasteiger partial charge in [-0.3, -0.25) is 4.79 Å². The number of nitrogens with one attached hydrogen (secondary N) is 2. The van der Waals surface area contributed by atoms with E-state index >= 15 is 0 Å². The van der Waals surface area contributed by atoms with Gasteiger partial charge in [-0.25, -0.2) is 0 Å². The number of carbonyl (C=O) groups excluding carboxylic acids is 1. The summed E-state index contributed by atoms with van der Waals surface area (Å²) in [5.41, 5.74) is 0.572. The largest absolute Gasteiger partial charge is 0.383 e. The van der Waals surface area contributed by atoms with E-state index in [-0.39, 0.29) is 5.91 Å². The number of hydrogen-bond donors (Lipinski definition) is 2. The lowest BCUT2D eigenvalue weighted by molar-refractivity contribution is -0.116. The zero-order valence-corrected chi connectivity index (χ0v) is 11.6. The van der Waals surface area contributed by atoms with Crippen LogP contribution in [0.2, 0.25) is 10.0 Å². The maximum absolute atomic E-state index is 11.6. The molecule has 2 N–H and O–H groups in total. The molecule has 1 aromatic rings. The first-order valence-electron chi connectivity index (χ1n) is 5.58. The van der Waals surface area contributed by atoms with Crippen molar-refractivity contribution in [2.45, 2.75) is 6.42 Å². The van der Waals surface area contributed by atoms with E-state index in [9.17, 15) is 4.79 Å². The van der Waals surface area contributed by atoms with Gasteiger partial charge in [0.2, 0.25) is 5.91 Å². The van der Waals surface area contributed by atoms with E-state index in [1.807, 2.05) is 0 Å². The molecule has 18 heavy (non-hydrogen) atoms. The van der Waals surface area contributed by atoms with Crippen LogP contribution in [0.1, 0.15) is 6.42 Å². The molecule has 100 valence electrons. The minimum atomic E-state index is -0.0934. The highest BCUT2D eigenvalue weighted by atomic mass is 35.5. The fourth-order valence-corrected chi connectivity index (χ4v) is 1.76. The quantitative estimate of drug-likeness (QED) is 0.759. The third-order valence-corrected chi connectivity index (χ3v) is 2.76. The molecule has 0 fully saturated rings. The average molecular weight is 291 g/mol. The van der Waals surface area contributed by atoms with Crippen molar-refractivity contribution < 1.29 is 9.53 Å². The predicted molar refractivity (Wildman–Crippen MR) is 74.5 cm³/mol. The van der Waals surface area contributed by atoms with Crippen LogP contribution in [-0.4, -0.2) is 32.7 Å². The van der Waals surface area contributed by atoms with Crippen LogP contribution in [0.5, 0.6) is 0 Å². The van der Waals surface area contributed by atoms with Gasteiger partial charge in [0.25, 0.3) is 0 Å². The molecule has 0 aliphatic rings. The van der Waals surface area contributed by atoms with Crippen molar-refractivity contribution in [2.75, 3.05) is 32.1 Å². The summed E-state index contributed by atoms with van der Waals surface area (Å²) < 4.78 is 4.88. The number of benzene rings is 1. The van der Waals surface area contributed by atoms with Gasteiger partial charge in [0, 0.05) is 31.6 Å². The van der Waals surface area contributed by atoms with Crippen LogP contribution >= 0.6 is 23.2 Å². The highest BCUT2D eigenvalue weighted by Crippen LogP contribution is 2.25. The van der Waals surface area contributed by atoms with Gasteiger partial charge in [0.15, 0.2) is 0 Å². The van der Waals surface area contributed by atoms with Crippen molar-refractivity contribution >= 4 is 34.8 Å². The minimum absolute atomic E-state index is 0.0934. The van der Waals surface area contributed by atoms with Crippen LogP contribution < -0.4 is 10.6 Å². The first kappa shape index (κ1) is 15.2. The molecular weight excluding hydrogens is 275 g/mol. The zero-order chi connectivity index (χ0) is 13.4. The van der Waals surface area contributed by atoms with Gasteiger partial charge in [-0.1, -0.05) is 23.2 Å². The summed E-state index contributed by atoms with van der Waals surface area (Å²) in [7, 11) is 1.64. The molecule has 4 nitrogen and oxygen atoms in total. The average Bonchev–Trinajstić information content (AvgIpc) is 2.32. The second-order valence-electron chi connectivity index (χ2n) is 3.67.